The van der Waals surface area contributed by atoms with E-state index in [0.29, 0.717) is 40.3 Å². The summed E-state index contributed by atoms with van der Waals surface area (Å²) in [6.45, 7) is 4.50. The molecule has 3 aromatic carbocycles. The Labute approximate surface area is 219 Å². The summed E-state index contributed by atoms with van der Waals surface area (Å²) in [7, 11) is -1.48. The van der Waals surface area contributed by atoms with Crippen LogP contribution in [0.3, 0.4) is 0 Å². The molecule has 0 radical (unpaired) electrons. The molecule has 0 bridgehead atoms. The Hall–Kier alpha value is -4.25. The van der Waals surface area contributed by atoms with Gasteiger partial charge in [0.25, 0.3) is 10.0 Å². The second-order valence-corrected chi connectivity index (χ2v) is 10.5. The summed E-state index contributed by atoms with van der Waals surface area (Å²) in [4.78, 5) is 13.7. The molecule has 0 atom stereocenters. The molecule has 0 saturated carbocycles. The molecule has 2 aromatic heterocycles. The first-order valence-corrected chi connectivity index (χ1v) is 13.4. The first-order valence-electron chi connectivity index (χ1n) is 12.0. The fourth-order valence-electron chi connectivity index (χ4n) is 4.38. The smallest absolute Gasteiger partial charge is 0.343 e. The molecular weight excluding hydrogens is 510 g/mol. The van der Waals surface area contributed by atoms with E-state index in [9.17, 15) is 13.2 Å². The highest BCUT2D eigenvalue weighted by atomic mass is 32.2. The number of aromatic nitrogens is 3. The maximum Gasteiger partial charge on any atom is 0.343 e. The lowest BCUT2D eigenvalue weighted by atomic mass is 10.2. The standard InChI is InChI=1S/C27H27N3O7S/c1-5-11-36-19-8-6-7-18(12-19)16-29-22-14-21-17(2)28-37-25(21)15-23(22)30(27(29)31)38(32,33)20-9-10-24(34-3)26(13-20)35-4/h6-10,12-15H,5,11,16H2,1-4H3. The molecule has 0 aliphatic carbocycles. The molecule has 0 saturated heterocycles. The molecule has 5 aromatic rings. The Kier molecular flexibility index (Phi) is 6.62. The minimum absolute atomic E-state index is 0.125. The van der Waals surface area contributed by atoms with Crippen molar-refractivity contribution in [3.63, 3.8) is 0 Å². The van der Waals surface area contributed by atoms with Gasteiger partial charge in [0, 0.05) is 17.5 Å². The summed E-state index contributed by atoms with van der Waals surface area (Å²) < 4.78 is 51.7. The predicted molar refractivity (Wildman–Crippen MR) is 142 cm³/mol. The third-order valence-electron chi connectivity index (χ3n) is 6.27. The highest BCUT2D eigenvalue weighted by Gasteiger charge is 2.28. The third-order valence-corrected chi connectivity index (χ3v) is 7.95. The van der Waals surface area contributed by atoms with E-state index in [1.807, 2.05) is 31.2 Å². The van der Waals surface area contributed by atoms with Gasteiger partial charge in [-0.15, -0.1) is 0 Å². The summed E-state index contributed by atoms with van der Waals surface area (Å²) in [6, 6.07) is 14.8. The van der Waals surface area contributed by atoms with Crippen molar-refractivity contribution in [1.82, 2.24) is 13.7 Å². The Morgan fingerprint density at radius 3 is 2.50 bits per heavy atom. The largest absolute Gasteiger partial charge is 0.494 e. The van der Waals surface area contributed by atoms with Gasteiger partial charge in [-0.05, 0) is 49.2 Å². The summed E-state index contributed by atoms with van der Waals surface area (Å²) in [6.07, 6.45) is 0.860. The van der Waals surface area contributed by atoms with Crippen molar-refractivity contribution in [2.45, 2.75) is 31.7 Å². The fraction of sp³-hybridized carbons (Fsp3) is 0.259. The van der Waals surface area contributed by atoms with Gasteiger partial charge in [0.1, 0.15) is 5.75 Å². The van der Waals surface area contributed by atoms with Gasteiger partial charge >= 0.3 is 5.69 Å². The van der Waals surface area contributed by atoms with Crippen molar-refractivity contribution in [3.05, 3.63) is 76.3 Å². The van der Waals surface area contributed by atoms with Crippen LogP contribution in [0.25, 0.3) is 22.0 Å². The zero-order valence-corrected chi connectivity index (χ0v) is 22.2. The average molecular weight is 538 g/mol. The number of rotatable bonds is 9. The van der Waals surface area contributed by atoms with Crippen LogP contribution < -0.4 is 19.9 Å². The van der Waals surface area contributed by atoms with Crippen LogP contribution in [-0.2, 0) is 16.6 Å². The lowest BCUT2D eigenvalue weighted by Gasteiger charge is -2.11. The Morgan fingerprint density at radius 2 is 1.76 bits per heavy atom. The number of hydrogen-bond donors (Lipinski definition) is 0. The second-order valence-electron chi connectivity index (χ2n) is 8.76. The highest BCUT2D eigenvalue weighted by Crippen LogP contribution is 2.32. The Morgan fingerprint density at radius 1 is 0.974 bits per heavy atom. The summed E-state index contributed by atoms with van der Waals surface area (Å²) in [5.74, 6) is 1.27. The van der Waals surface area contributed by atoms with Gasteiger partial charge in [-0.2, -0.15) is 3.97 Å². The molecular formula is C27H27N3O7S. The molecule has 0 fully saturated rings. The number of fused-ring (bicyclic) bond motifs is 2. The van der Waals surface area contributed by atoms with Crippen molar-refractivity contribution < 1.29 is 27.2 Å². The zero-order valence-electron chi connectivity index (χ0n) is 21.4. The number of ether oxygens (including phenoxy) is 3. The predicted octanol–water partition coefficient (Wildman–Crippen LogP) is 4.34. The number of benzene rings is 3. The molecule has 0 unspecified atom stereocenters. The SMILES string of the molecule is CCCOc1cccc(Cn2c(=O)n(S(=O)(=O)c3ccc(OC)c(OC)c3)c3cc4onc(C)c4cc32)c1. The van der Waals surface area contributed by atoms with Crippen molar-refractivity contribution >= 4 is 32.0 Å². The number of nitrogens with zero attached hydrogens (tertiary/aromatic N) is 3. The van der Waals surface area contributed by atoms with Crippen molar-refractivity contribution in [2.24, 2.45) is 0 Å². The Bertz CT molecular complexity index is 1820. The minimum atomic E-state index is -4.35. The van der Waals surface area contributed by atoms with Crippen molar-refractivity contribution in [1.29, 1.82) is 0 Å². The fourth-order valence-corrected chi connectivity index (χ4v) is 5.80. The van der Waals surface area contributed by atoms with Gasteiger partial charge < -0.3 is 18.7 Å². The molecule has 198 valence electrons. The van der Waals surface area contributed by atoms with E-state index in [2.05, 4.69) is 5.16 Å². The van der Waals surface area contributed by atoms with E-state index in [4.69, 9.17) is 18.7 Å². The van der Waals surface area contributed by atoms with Crippen molar-refractivity contribution in [3.8, 4) is 17.2 Å². The van der Waals surface area contributed by atoms with Crippen LogP contribution in [0.1, 0.15) is 24.6 Å². The molecule has 0 spiro atoms. The van der Waals surface area contributed by atoms with E-state index in [-0.39, 0.29) is 22.7 Å². The number of aryl methyl sites for hydroxylation is 1. The van der Waals surface area contributed by atoms with Crippen LogP contribution in [0.15, 0.2) is 68.8 Å². The summed E-state index contributed by atoms with van der Waals surface area (Å²) >= 11 is 0. The maximum atomic E-state index is 13.9. The van der Waals surface area contributed by atoms with Gasteiger partial charge in [0.15, 0.2) is 17.1 Å². The van der Waals surface area contributed by atoms with E-state index < -0.39 is 15.7 Å². The molecule has 0 N–H and O–H groups in total. The summed E-state index contributed by atoms with van der Waals surface area (Å²) in [5, 5.41) is 4.69. The van der Waals surface area contributed by atoms with E-state index >= 15 is 0 Å². The monoisotopic (exact) mass is 537 g/mol. The minimum Gasteiger partial charge on any atom is -0.494 e. The van der Waals surface area contributed by atoms with Gasteiger partial charge in [0.2, 0.25) is 0 Å². The van der Waals surface area contributed by atoms with Crippen LogP contribution in [0.4, 0.5) is 0 Å². The Balaban J connectivity index is 1.73. The molecule has 0 aliphatic heterocycles. The van der Waals surface area contributed by atoms with Crippen LogP contribution in [-0.4, -0.2) is 42.9 Å². The maximum absolute atomic E-state index is 13.9. The quantitative estimate of drug-likeness (QED) is 0.273. The first kappa shape index (κ1) is 25.4. The number of methoxy groups -OCH3 is 2. The zero-order chi connectivity index (χ0) is 27.0. The molecule has 11 heteroatoms. The van der Waals surface area contributed by atoms with Crippen LogP contribution >= 0.6 is 0 Å². The third kappa shape index (κ3) is 4.28. The second kappa shape index (κ2) is 9.90. The number of hydrogen-bond acceptors (Lipinski definition) is 8. The first-order chi connectivity index (χ1) is 18.3. The molecule has 0 amide bonds. The van der Waals surface area contributed by atoms with Crippen LogP contribution in [0, 0.1) is 6.92 Å². The molecule has 38 heavy (non-hydrogen) atoms. The average Bonchev–Trinajstić information content (AvgIpc) is 3.42. The lowest BCUT2D eigenvalue weighted by Crippen LogP contribution is -2.30. The molecule has 0 aliphatic rings. The molecule has 10 nitrogen and oxygen atoms in total. The topological polar surface area (TPSA) is 115 Å². The van der Waals surface area contributed by atoms with E-state index in [1.165, 1.54) is 43.1 Å². The lowest BCUT2D eigenvalue weighted by molar-refractivity contribution is 0.317. The van der Waals surface area contributed by atoms with Gasteiger partial charge in [-0.3, -0.25) is 4.57 Å². The van der Waals surface area contributed by atoms with Gasteiger partial charge in [-0.25, -0.2) is 13.2 Å². The highest BCUT2D eigenvalue weighted by molar-refractivity contribution is 7.90. The normalized spacial score (nSPS) is 11.8. The van der Waals surface area contributed by atoms with E-state index in [0.717, 1.165) is 16.0 Å². The number of imidazole rings is 1. The van der Waals surface area contributed by atoms with Crippen molar-refractivity contribution in [2.75, 3.05) is 20.8 Å². The van der Waals surface area contributed by atoms with Crippen LogP contribution in [0.5, 0.6) is 17.2 Å². The molecule has 2 heterocycles. The van der Waals surface area contributed by atoms with E-state index in [1.54, 1.807) is 13.0 Å². The summed E-state index contributed by atoms with van der Waals surface area (Å²) in [5.41, 5.74) is 1.67. The van der Waals surface area contributed by atoms with Gasteiger partial charge in [0.05, 0.1) is 49.0 Å². The van der Waals surface area contributed by atoms with Gasteiger partial charge in [-0.1, -0.05) is 24.2 Å². The van der Waals surface area contributed by atoms with Crippen LogP contribution in [0.2, 0.25) is 0 Å². The molecule has 5 rings (SSSR count).